The van der Waals surface area contributed by atoms with Crippen LogP contribution in [0.25, 0.3) is 0 Å². The molecule has 0 aliphatic rings. The van der Waals surface area contributed by atoms with E-state index in [-0.39, 0.29) is 17.6 Å². The van der Waals surface area contributed by atoms with Gasteiger partial charge in [-0.05, 0) is 50.6 Å². The highest BCUT2D eigenvalue weighted by molar-refractivity contribution is 8.00. The SMILES string of the molecule is CCOC(=O)c1c(C)[nH]c(/C=N/NC(=O)CSc2ccc(Cl)cc2)c1C. The van der Waals surface area contributed by atoms with E-state index in [1.807, 2.05) is 12.1 Å². The average Bonchev–Trinajstić information content (AvgIpc) is 2.88. The number of rotatable bonds is 7. The molecular weight excluding hydrogens is 374 g/mol. The number of carbonyl (C=O) groups excluding carboxylic acids is 2. The minimum Gasteiger partial charge on any atom is -0.462 e. The van der Waals surface area contributed by atoms with Gasteiger partial charge in [0.05, 0.1) is 29.8 Å². The lowest BCUT2D eigenvalue weighted by molar-refractivity contribution is -0.118. The van der Waals surface area contributed by atoms with Crippen LogP contribution in [0.1, 0.15) is 34.2 Å². The van der Waals surface area contributed by atoms with Gasteiger partial charge in [-0.25, -0.2) is 10.2 Å². The Bertz CT molecular complexity index is 816. The van der Waals surface area contributed by atoms with Crippen LogP contribution < -0.4 is 5.43 Å². The second-order valence-electron chi connectivity index (χ2n) is 5.42. The van der Waals surface area contributed by atoms with Gasteiger partial charge in [-0.2, -0.15) is 5.10 Å². The van der Waals surface area contributed by atoms with Gasteiger partial charge in [-0.1, -0.05) is 11.6 Å². The predicted molar refractivity (Wildman–Crippen MR) is 104 cm³/mol. The molecule has 6 nitrogen and oxygen atoms in total. The summed E-state index contributed by atoms with van der Waals surface area (Å²) in [5.74, 6) is -0.370. The van der Waals surface area contributed by atoms with E-state index in [1.165, 1.54) is 18.0 Å². The number of aromatic nitrogens is 1. The van der Waals surface area contributed by atoms with Gasteiger partial charge < -0.3 is 9.72 Å². The van der Waals surface area contributed by atoms with Gasteiger partial charge in [-0.15, -0.1) is 11.8 Å². The summed E-state index contributed by atoms with van der Waals surface area (Å²) in [6.07, 6.45) is 1.48. The van der Waals surface area contributed by atoms with Gasteiger partial charge in [0.1, 0.15) is 0 Å². The number of halogens is 1. The summed E-state index contributed by atoms with van der Waals surface area (Å²) in [6, 6.07) is 7.26. The van der Waals surface area contributed by atoms with E-state index in [1.54, 1.807) is 32.9 Å². The lowest BCUT2D eigenvalue weighted by Gasteiger charge is -2.02. The number of nitrogens with one attached hydrogen (secondary N) is 2. The topological polar surface area (TPSA) is 83.6 Å². The fraction of sp³-hybridized carbons (Fsp3) is 0.278. The predicted octanol–water partition coefficient (Wildman–Crippen LogP) is 3.70. The maximum absolute atomic E-state index is 12.0. The molecule has 0 fully saturated rings. The van der Waals surface area contributed by atoms with E-state index in [0.29, 0.717) is 28.6 Å². The number of ether oxygens (including phenoxy) is 1. The molecule has 0 bridgehead atoms. The maximum atomic E-state index is 12.0. The first kappa shape index (κ1) is 20.1. The normalized spacial score (nSPS) is 10.9. The van der Waals surface area contributed by atoms with Crippen molar-refractivity contribution in [2.24, 2.45) is 5.10 Å². The quantitative estimate of drug-likeness (QED) is 0.325. The van der Waals surface area contributed by atoms with E-state index in [9.17, 15) is 9.59 Å². The summed E-state index contributed by atoms with van der Waals surface area (Å²) in [6.45, 7) is 5.66. The van der Waals surface area contributed by atoms with Crippen LogP contribution in [-0.4, -0.2) is 35.4 Å². The van der Waals surface area contributed by atoms with Crippen LogP contribution in [0.3, 0.4) is 0 Å². The van der Waals surface area contributed by atoms with Crippen molar-refractivity contribution in [3.8, 4) is 0 Å². The number of carbonyl (C=O) groups is 2. The maximum Gasteiger partial charge on any atom is 0.340 e. The zero-order chi connectivity index (χ0) is 19.1. The van der Waals surface area contributed by atoms with Crippen molar-refractivity contribution in [2.45, 2.75) is 25.7 Å². The molecular formula is C18H20ClN3O3S. The number of amides is 1. The van der Waals surface area contributed by atoms with Crippen molar-refractivity contribution in [2.75, 3.05) is 12.4 Å². The fourth-order valence-corrected chi connectivity index (χ4v) is 3.11. The van der Waals surface area contributed by atoms with Gasteiger partial charge >= 0.3 is 5.97 Å². The minimum atomic E-state index is -0.373. The highest BCUT2D eigenvalue weighted by Gasteiger charge is 2.18. The molecule has 0 aliphatic heterocycles. The van der Waals surface area contributed by atoms with Crippen LogP contribution in [0, 0.1) is 13.8 Å². The Balaban J connectivity index is 1.91. The monoisotopic (exact) mass is 393 g/mol. The van der Waals surface area contributed by atoms with Crippen molar-refractivity contribution >= 4 is 41.5 Å². The summed E-state index contributed by atoms with van der Waals surface area (Å²) in [5, 5.41) is 4.60. The van der Waals surface area contributed by atoms with Gasteiger partial charge in [0.25, 0.3) is 0 Å². The molecule has 2 rings (SSSR count). The molecule has 0 unspecified atom stereocenters. The third kappa shape index (κ3) is 5.37. The van der Waals surface area contributed by atoms with E-state index >= 15 is 0 Å². The molecule has 138 valence electrons. The second-order valence-corrected chi connectivity index (χ2v) is 6.91. The second kappa shape index (κ2) is 9.45. The third-order valence-corrected chi connectivity index (χ3v) is 4.79. The molecule has 1 amide bonds. The minimum absolute atomic E-state index is 0.229. The van der Waals surface area contributed by atoms with Crippen LogP contribution in [0.4, 0.5) is 0 Å². The summed E-state index contributed by atoms with van der Waals surface area (Å²) in [7, 11) is 0. The van der Waals surface area contributed by atoms with Crippen LogP contribution in [0.15, 0.2) is 34.3 Å². The Morgan fingerprint density at radius 2 is 2.00 bits per heavy atom. The first-order valence-corrected chi connectivity index (χ1v) is 9.35. The average molecular weight is 394 g/mol. The molecule has 26 heavy (non-hydrogen) atoms. The summed E-state index contributed by atoms with van der Waals surface area (Å²) in [5.41, 5.74) is 5.05. The molecule has 0 spiro atoms. The van der Waals surface area contributed by atoms with Crippen molar-refractivity contribution in [1.29, 1.82) is 0 Å². The Morgan fingerprint density at radius 1 is 1.31 bits per heavy atom. The van der Waals surface area contributed by atoms with Crippen LogP contribution in [0.2, 0.25) is 5.02 Å². The number of H-pyrrole nitrogens is 1. The van der Waals surface area contributed by atoms with E-state index in [2.05, 4.69) is 15.5 Å². The molecule has 8 heteroatoms. The molecule has 0 atom stereocenters. The molecule has 0 aliphatic carbocycles. The Hall–Kier alpha value is -2.25. The van der Waals surface area contributed by atoms with Crippen LogP contribution in [-0.2, 0) is 9.53 Å². The van der Waals surface area contributed by atoms with Gasteiger partial charge in [0.15, 0.2) is 0 Å². The molecule has 1 heterocycles. The number of hydrogen-bond donors (Lipinski definition) is 2. The Morgan fingerprint density at radius 3 is 2.65 bits per heavy atom. The molecule has 2 N–H and O–H groups in total. The van der Waals surface area contributed by atoms with Crippen molar-refractivity contribution < 1.29 is 14.3 Å². The van der Waals surface area contributed by atoms with Crippen LogP contribution in [0.5, 0.6) is 0 Å². The number of nitrogens with zero attached hydrogens (tertiary/aromatic N) is 1. The van der Waals surface area contributed by atoms with Gasteiger partial charge in [0.2, 0.25) is 5.91 Å². The zero-order valence-electron chi connectivity index (χ0n) is 14.8. The standard InChI is InChI=1S/C18H20ClN3O3S/c1-4-25-18(24)17-11(2)15(21-12(17)3)9-20-22-16(23)10-26-14-7-5-13(19)6-8-14/h5-9,21H,4,10H2,1-3H3,(H,22,23)/b20-9+. The van der Waals surface area contributed by atoms with Gasteiger partial charge in [-0.3, -0.25) is 4.79 Å². The van der Waals surface area contributed by atoms with E-state index in [4.69, 9.17) is 16.3 Å². The number of hydrogen-bond acceptors (Lipinski definition) is 5. The lowest BCUT2D eigenvalue weighted by atomic mass is 10.1. The van der Waals surface area contributed by atoms with Crippen LogP contribution >= 0.6 is 23.4 Å². The molecule has 1 aromatic carbocycles. The van der Waals surface area contributed by atoms with Crippen molar-refractivity contribution in [3.05, 3.63) is 51.8 Å². The zero-order valence-corrected chi connectivity index (χ0v) is 16.3. The summed E-state index contributed by atoms with van der Waals surface area (Å²) < 4.78 is 5.04. The van der Waals surface area contributed by atoms with Crippen molar-refractivity contribution in [3.63, 3.8) is 0 Å². The van der Waals surface area contributed by atoms with E-state index < -0.39 is 0 Å². The van der Waals surface area contributed by atoms with Gasteiger partial charge in [0, 0.05) is 15.6 Å². The number of aromatic amines is 1. The number of esters is 1. The molecule has 1 aromatic heterocycles. The third-order valence-electron chi connectivity index (χ3n) is 3.52. The molecule has 2 aromatic rings. The smallest absolute Gasteiger partial charge is 0.340 e. The Labute approximate surface area is 161 Å². The molecule has 0 radical (unpaired) electrons. The summed E-state index contributed by atoms with van der Waals surface area (Å²) in [4.78, 5) is 27.8. The Kier molecular flexibility index (Phi) is 7.29. The number of benzene rings is 1. The lowest BCUT2D eigenvalue weighted by Crippen LogP contribution is -2.19. The molecule has 0 saturated heterocycles. The first-order chi connectivity index (χ1) is 12.4. The largest absolute Gasteiger partial charge is 0.462 e. The number of hydrazone groups is 1. The number of aryl methyl sites for hydroxylation is 1. The van der Waals surface area contributed by atoms with Crippen molar-refractivity contribution in [1.82, 2.24) is 10.4 Å². The summed E-state index contributed by atoms with van der Waals surface area (Å²) >= 11 is 7.21. The van der Waals surface area contributed by atoms with E-state index in [0.717, 1.165) is 10.5 Å². The first-order valence-electron chi connectivity index (χ1n) is 7.99. The highest BCUT2D eigenvalue weighted by atomic mass is 35.5. The molecule has 0 saturated carbocycles. The fourth-order valence-electron chi connectivity index (χ4n) is 2.29. The number of thioether (sulfide) groups is 1. The highest BCUT2D eigenvalue weighted by Crippen LogP contribution is 2.20.